The number of aliphatic hydroxyl groups is 1. The normalized spacial score (nSPS) is 44.9. The van der Waals surface area contributed by atoms with Gasteiger partial charge in [0.2, 0.25) is 0 Å². The van der Waals surface area contributed by atoms with Gasteiger partial charge in [-0.2, -0.15) is 0 Å². The molecule has 2 unspecified atom stereocenters. The third-order valence-corrected chi connectivity index (χ3v) is 17.5. The summed E-state index contributed by atoms with van der Waals surface area (Å²) in [6.45, 7) is 15.6. The molecular formula is C44H62N2O4. The van der Waals surface area contributed by atoms with E-state index in [2.05, 4.69) is 70.4 Å². The fourth-order valence-corrected chi connectivity index (χ4v) is 14.5. The number of allylic oxidation sites excluding steroid dienone is 2. The van der Waals surface area contributed by atoms with E-state index < -0.39 is 5.97 Å². The Labute approximate surface area is 300 Å². The molecule has 0 aromatic heterocycles. The molecular weight excluding hydrogens is 620 g/mol. The summed E-state index contributed by atoms with van der Waals surface area (Å²) in [5, 5.41) is 26.2. The first-order valence-corrected chi connectivity index (χ1v) is 20.0. The van der Waals surface area contributed by atoms with Crippen LogP contribution in [-0.4, -0.2) is 40.4 Å². The summed E-state index contributed by atoms with van der Waals surface area (Å²) in [6, 6.07) is 7.57. The van der Waals surface area contributed by atoms with Gasteiger partial charge in [0.15, 0.2) is 0 Å². The average Bonchev–Trinajstić information content (AvgIpc) is 3.46. The van der Waals surface area contributed by atoms with Gasteiger partial charge in [0, 0.05) is 24.1 Å². The van der Waals surface area contributed by atoms with E-state index in [-0.39, 0.29) is 51.8 Å². The first-order valence-electron chi connectivity index (χ1n) is 20.0. The number of carboxylic acid groups (broad SMARTS) is 1. The van der Waals surface area contributed by atoms with Crippen molar-refractivity contribution in [3.05, 3.63) is 53.6 Å². The first-order chi connectivity index (χ1) is 23.6. The van der Waals surface area contributed by atoms with Gasteiger partial charge in [-0.3, -0.25) is 0 Å². The van der Waals surface area contributed by atoms with Gasteiger partial charge in [-0.25, -0.2) is 9.59 Å². The number of amides is 2. The predicted molar refractivity (Wildman–Crippen MR) is 198 cm³/mol. The van der Waals surface area contributed by atoms with Crippen molar-refractivity contribution >= 4 is 17.6 Å². The van der Waals surface area contributed by atoms with Crippen LogP contribution in [0.2, 0.25) is 0 Å². The number of benzene rings is 1. The Hall–Kier alpha value is -2.60. The fourth-order valence-electron chi connectivity index (χ4n) is 14.5. The number of hydrogen-bond acceptors (Lipinski definition) is 3. The largest absolute Gasteiger partial charge is 0.478 e. The molecule has 0 spiro atoms. The summed E-state index contributed by atoms with van der Waals surface area (Å²) in [5.74, 6) is 2.30. The monoisotopic (exact) mass is 682 g/mol. The summed E-state index contributed by atoms with van der Waals surface area (Å²) in [6.07, 6.45) is 20.8. The van der Waals surface area contributed by atoms with E-state index in [9.17, 15) is 19.8 Å². The van der Waals surface area contributed by atoms with Crippen LogP contribution in [0.4, 0.5) is 4.79 Å². The molecule has 2 amide bonds. The maximum atomic E-state index is 13.8. The predicted octanol–water partition coefficient (Wildman–Crippen LogP) is 9.25. The molecule has 4 N–H and O–H groups in total. The van der Waals surface area contributed by atoms with E-state index in [4.69, 9.17) is 0 Å². The van der Waals surface area contributed by atoms with Crippen molar-refractivity contribution in [2.45, 2.75) is 130 Å². The highest BCUT2D eigenvalue weighted by molar-refractivity contribution is 5.88. The van der Waals surface area contributed by atoms with Gasteiger partial charge in [0.05, 0.1) is 5.56 Å². The maximum Gasteiger partial charge on any atom is 0.335 e. The number of carbonyl (C=O) groups is 2. The smallest absolute Gasteiger partial charge is 0.335 e. The number of rotatable bonds is 6. The highest BCUT2D eigenvalue weighted by atomic mass is 16.4. The third-order valence-electron chi connectivity index (χ3n) is 17.5. The lowest BCUT2D eigenvalue weighted by Gasteiger charge is -2.72. The van der Waals surface area contributed by atoms with Gasteiger partial charge in [-0.1, -0.05) is 71.9 Å². The van der Waals surface area contributed by atoms with Gasteiger partial charge in [-0.15, -0.1) is 0 Å². The molecule has 7 aliphatic rings. The van der Waals surface area contributed by atoms with Crippen LogP contribution in [0.25, 0.3) is 5.57 Å². The van der Waals surface area contributed by atoms with Gasteiger partial charge in [0.1, 0.15) is 0 Å². The minimum Gasteiger partial charge on any atom is -0.478 e. The van der Waals surface area contributed by atoms with Crippen molar-refractivity contribution in [3.8, 4) is 0 Å². The van der Waals surface area contributed by atoms with Gasteiger partial charge in [-0.05, 0) is 157 Å². The minimum atomic E-state index is -0.871. The molecule has 50 heavy (non-hydrogen) atoms. The van der Waals surface area contributed by atoms with E-state index in [1.54, 1.807) is 12.1 Å². The number of hydrogen-bond donors (Lipinski definition) is 4. The van der Waals surface area contributed by atoms with Crippen LogP contribution < -0.4 is 10.6 Å². The Morgan fingerprint density at radius 1 is 0.800 bits per heavy atom. The van der Waals surface area contributed by atoms with E-state index in [0.29, 0.717) is 40.6 Å². The standard InChI is InChI=1S/C44H62N2O4/c1-39(2)31(28-8-10-29(11-9-28)37(48)49)15-18-41(4)34(39)17-19-43(6)35(41)14-13-33-36-32(40(3)21-22-40)16-20-44(36,24-23-42(33,43)5)46-38(50)45-30-12-7-27(25-30)26-47/h7-12,15,27,30,32-36,47H,13-14,16-26H2,1-6H3,(H,48,49)(H2,45,46,50)/t27-,30+,32+,33+,34-,35?,36?,41-,42+,43+,44-/m0/s1. The molecule has 11 atom stereocenters. The highest BCUT2D eigenvalue weighted by Gasteiger charge is 2.72. The number of carboxylic acids is 1. The molecule has 0 saturated heterocycles. The number of urea groups is 1. The molecule has 6 heteroatoms. The summed E-state index contributed by atoms with van der Waals surface area (Å²) in [5.41, 5.74) is 3.87. The van der Waals surface area contributed by atoms with E-state index in [0.717, 1.165) is 25.7 Å². The zero-order valence-electron chi connectivity index (χ0n) is 31.5. The van der Waals surface area contributed by atoms with Crippen molar-refractivity contribution in [3.63, 3.8) is 0 Å². The van der Waals surface area contributed by atoms with Crippen LogP contribution in [0.3, 0.4) is 0 Å². The first kappa shape index (κ1) is 34.5. The Morgan fingerprint density at radius 2 is 1.54 bits per heavy atom. The van der Waals surface area contributed by atoms with Crippen molar-refractivity contribution in [1.82, 2.24) is 10.6 Å². The molecule has 5 fully saturated rings. The second-order valence-corrected chi connectivity index (χ2v) is 19.8. The quantitative estimate of drug-likeness (QED) is 0.225. The SMILES string of the molecule is CC1([C@@H]2CC[C@]3(NC(=O)N[C@@H]4C=C[C@H](CO)C4)CC[C@]4(C)[C@H](CCC5[C@@]6(C)CC=C(c7ccc(C(=O)O)cc7)C(C)(C)[C@@H]6CC[C@]54C)C23)CC1. The molecule has 0 heterocycles. The summed E-state index contributed by atoms with van der Waals surface area (Å²) < 4.78 is 0. The maximum absolute atomic E-state index is 13.8. The van der Waals surface area contributed by atoms with Gasteiger partial charge in [0.25, 0.3) is 0 Å². The zero-order valence-corrected chi connectivity index (χ0v) is 31.5. The van der Waals surface area contributed by atoms with Crippen molar-refractivity contribution < 1.29 is 19.8 Å². The number of aromatic carboxylic acids is 1. The molecule has 6 nitrogen and oxygen atoms in total. The lowest BCUT2D eigenvalue weighted by Crippen LogP contribution is -2.69. The Morgan fingerprint density at radius 3 is 2.20 bits per heavy atom. The molecule has 8 rings (SSSR count). The van der Waals surface area contributed by atoms with E-state index in [1.807, 2.05) is 12.1 Å². The number of nitrogens with one attached hydrogen (secondary N) is 2. The number of fused-ring (bicyclic) bond motifs is 7. The van der Waals surface area contributed by atoms with Crippen LogP contribution in [0, 0.1) is 62.6 Å². The van der Waals surface area contributed by atoms with Crippen LogP contribution in [0.5, 0.6) is 0 Å². The Kier molecular flexibility index (Phi) is 7.90. The van der Waals surface area contributed by atoms with Crippen molar-refractivity contribution in [1.29, 1.82) is 0 Å². The van der Waals surface area contributed by atoms with Gasteiger partial charge >= 0.3 is 12.0 Å². The summed E-state index contributed by atoms with van der Waals surface area (Å²) in [7, 11) is 0. The molecule has 0 bridgehead atoms. The Bertz CT molecular complexity index is 1610. The highest BCUT2D eigenvalue weighted by Crippen LogP contribution is 2.78. The second-order valence-electron chi connectivity index (χ2n) is 19.8. The van der Waals surface area contributed by atoms with E-state index >= 15 is 0 Å². The molecule has 272 valence electrons. The molecule has 1 aromatic carbocycles. The zero-order chi connectivity index (χ0) is 35.5. The lowest BCUT2D eigenvalue weighted by atomic mass is 9.32. The molecule has 0 radical (unpaired) electrons. The van der Waals surface area contributed by atoms with Crippen LogP contribution in [0.1, 0.15) is 135 Å². The number of carbonyl (C=O) groups excluding carboxylic acids is 1. The van der Waals surface area contributed by atoms with Gasteiger partial charge < -0.3 is 20.8 Å². The third kappa shape index (κ3) is 4.88. The number of aliphatic hydroxyl groups excluding tert-OH is 1. The molecule has 0 aliphatic heterocycles. The second kappa shape index (κ2) is 11.4. The van der Waals surface area contributed by atoms with Crippen molar-refractivity contribution in [2.24, 2.45) is 62.6 Å². The fraction of sp³-hybridized carbons (Fsp3) is 0.727. The molecule has 5 saturated carbocycles. The van der Waals surface area contributed by atoms with E-state index in [1.165, 1.54) is 62.5 Å². The molecule has 1 aromatic rings. The average molecular weight is 683 g/mol. The van der Waals surface area contributed by atoms with Crippen LogP contribution in [0.15, 0.2) is 42.5 Å². The summed E-state index contributed by atoms with van der Waals surface area (Å²) in [4.78, 5) is 25.4. The molecule has 7 aliphatic carbocycles. The van der Waals surface area contributed by atoms with Crippen LogP contribution >= 0.6 is 0 Å². The van der Waals surface area contributed by atoms with Crippen molar-refractivity contribution in [2.75, 3.05) is 6.61 Å². The lowest BCUT2D eigenvalue weighted by molar-refractivity contribution is -0.221. The summed E-state index contributed by atoms with van der Waals surface area (Å²) >= 11 is 0. The topological polar surface area (TPSA) is 98.7 Å². The Balaban J connectivity index is 1.09. The minimum absolute atomic E-state index is 0.00135. The van der Waals surface area contributed by atoms with Crippen LogP contribution in [-0.2, 0) is 0 Å².